The summed E-state index contributed by atoms with van der Waals surface area (Å²) in [6.45, 7) is 6.88. The van der Waals surface area contributed by atoms with Gasteiger partial charge in [-0.15, -0.1) is 0 Å². The van der Waals surface area contributed by atoms with Gasteiger partial charge < -0.3 is 14.7 Å². The van der Waals surface area contributed by atoms with Crippen molar-refractivity contribution >= 4 is 5.69 Å². The van der Waals surface area contributed by atoms with Crippen molar-refractivity contribution in [3.8, 4) is 0 Å². The van der Waals surface area contributed by atoms with Crippen LogP contribution >= 0.6 is 0 Å². The zero-order valence-electron chi connectivity index (χ0n) is 12.8. The van der Waals surface area contributed by atoms with Gasteiger partial charge in [-0.2, -0.15) is 0 Å². The Bertz CT molecular complexity index is 593. The number of benzene rings is 1. The quantitative estimate of drug-likeness (QED) is 0.916. The molecule has 1 aromatic carbocycles. The predicted molar refractivity (Wildman–Crippen MR) is 84.3 cm³/mol. The third-order valence-corrected chi connectivity index (χ3v) is 4.15. The molecule has 0 saturated carbocycles. The molecule has 1 aromatic heterocycles. The van der Waals surface area contributed by atoms with E-state index < -0.39 is 0 Å². The molecule has 1 N–H and O–H groups in total. The molecule has 0 amide bonds. The van der Waals surface area contributed by atoms with E-state index in [0.717, 1.165) is 37.5 Å². The molecule has 0 fully saturated rings. The van der Waals surface area contributed by atoms with Crippen LogP contribution in [0.1, 0.15) is 37.3 Å². The van der Waals surface area contributed by atoms with Crippen LogP contribution in [-0.2, 0) is 19.5 Å². The Kier molecular flexibility index (Phi) is 4.25. The highest BCUT2D eigenvalue weighted by Gasteiger charge is 2.23. The summed E-state index contributed by atoms with van der Waals surface area (Å²) in [5, 5.41) is 7.41. The second-order valence-corrected chi connectivity index (χ2v) is 5.71. The Hall–Kier alpha value is -1.81. The smallest absolute Gasteiger partial charge is 0.156 e. The second kappa shape index (κ2) is 6.31. The number of hydrogen-bond acceptors (Lipinski definition) is 4. The summed E-state index contributed by atoms with van der Waals surface area (Å²) in [7, 11) is 0. The van der Waals surface area contributed by atoms with Crippen LogP contribution in [-0.4, -0.2) is 17.7 Å². The molecule has 0 spiro atoms. The van der Waals surface area contributed by atoms with Gasteiger partial charge in [0.05, 0.1) is 12.2 Å². The summed E-state index contributed by atoms with van der Waals surface area (Å²) >= 11 is 0. The lowest BCUT2D eigenvalue weighted by Gasteiger charge is -2.36. The van der Waals surface area contributed by atoms with Gasteiger partial charge in [-0.1, -0.05) is 30.3 Å². The van der Waals surface area contributed by atoms with E-state index in [0.29, 0.717) is 6.04 Å². The number of anilines is 1. The first-order valence-corrected chi connectivity index (χ1v) is 7.77. The molecule has 1 aliphatic rings. The number of hydrogen-bond donors (Lipinski definition) is 1. The van der Waals surface area contributed by atoms with Crippen molar-refractivity contribution in [3.63, 3.8) is 0 Å². The van der Waals surface area contributed by atoms with Gasteiger partial charge in [0.25, 0.3) is 0 Å². The minimum absolute atomic E-state index is 0.530. The van der Waals surface area contributed by atoms with E-state index in [9.17, 15) is 0 Å². The molecule has 3 rings (SSSR count). The second-order valence-electron chi connectivity index (χ2n) is 5.71. The molecule has 4 heteroatoms. The number of nitrogens with one attached hydrogen (secondary N) is 1. The van der Waals surface area contributed by atoms with Crippen LogP contribution in [0.2, 0.25) is 0 Å². The number of fused-ring (bicyclic) bond motifs is 1. The molecule has 0 saturated heterocycles. The zero-order valence-corrected chi connectivity index (χ0v) is 12.8. The maximum Gasteiger partial charge on any atom is 0.156 e. The minimum atomic E-state index is 0.530. The zero-order chi connectivity index (χ0) is 14.7. The van der Waals surface area contributed by atoms with Gasteiger partial charge in [0.1, 0.15) is 0 Å². The average Bonchev–Trinajstić information content (AvgIpc) is 2.96. The third kappa shape index (κ3) is 3.10. The summed E-state index contributed by atoms with van der Waals surface area (Å²) < 4.78 is 5.50. The standard InChI is InChI=1S/C17H23N3O/c1-3-18-11-15-10-16(21-19-15)12-20-13(2)8-9-14-6-4-5-7-17(14)20/h4-7,10,13,18H,3,8-9,11-12H2,1-2H3. The topological polar surface area (TPSA) is 41.3 Å². The van der Waals surface area contributed by atoms with Gasteiger partial charge in [0, 0.05) is 24.3 Å². The highest BCUT2D eigenvalue weighted by molar-refractivity contribution is 5.56. The monoisotopic (exact) mass is 285 g/mol. The SMILES string of the molecule is CCNCc1cc(CN2c3ccccc3CCC2C)on1. The fourth-order valence-corrected chi connectivity index (χ4v) is 2.94. The lowest BCUT2D eigenvalue weighted by atomic mass is 9.96. The van der Waals surface area contributed by atoms with E-state index in [1.807, 2.05) is 0 Å². The maximum atomic E-state index is 5.50. The van der Waals surface area contributed by atoms with Crippen molar-refractivity contribution in [2.75, 3.05) is 11.4 Å². The number of nitrogens with zero attached hydrogens (tertiary/aromatic N) is 2. The van der Waals surface area contributed by atoms with E-state index in [-0.39, 0.29) is 0 Å². The Morgan fingerprint density at radius 3 is 3.10 bits per heavy atom. The molecule has 0 aliphatic carbocycles. The number of para-hydroxylation sites is 1. The van der Waals surface area contributed by atoms with Crippen LogP contribution < -0.4 is 10.2 Å². The summed E-state index contributed by atoms with van der Waals surface area (Å²) in [4.78, 5) is 2.43. The fraction of sp³-hybridized carbons (Fsp3) is 0.471. The molecule has 1 unspecified atom stereocenters. The molecule has 21 heavy (non-hydrogen) atoms. The molecule has 1 aliphatic heterocycles. The molecule has 2 aromatic rings. The minimum Gasteiger partial charge on any atom is -0.361 e. The first-order chi connectivity index (χ1) is 10.3. The fourth-order valence-electron chi connectivity index (χ4n) is 2.94. The van der Waals surface area contributed by atoms with Crippen molar-refractivity contribution in [2.45, 2.75) is 45.8 Å². The van der Waals surface area contributed by atoms with Gasteiger partial charge in [0.15, 0.2) is 5.76 Å². The van der Waals surface area contributed by atoms with Crippen molar-refractivity contribution in [1.29, 1.82) is 0 Å². The third-order valence-electron chi connectivity index (χ3n) is 4.15. The van der Waals surface area contributed by atoms with Crippen molar-refractivity contribution < 1.29 is 4.52 Å². The summed E-state index contributed by atoms with van der Waals surface area (Å²) in [5.41, 5.74) is 3.74. The number of aromatic nitrogens is 1. The first kappa shape index (κ1) is 14.1. The molecule has 0 radical (unpaired) electrons. The van der Waals surface area contributed by atoms with Gasteiger partial charge in [-0.25, -0.2) is 0 Å². The molecule has 0 bridgehead atoms. The average molecular weight is 285 g/mol. The Labute approximate surface area is 126 Å². The lowest BCUT2D eigenvalue weighted by Crippen LogP contribution is -2.36. The first-order valence-electron chi connectivity index (χ1n) is 7.77. The van der Waals surface area contributed by atoms with Gasteiger partial charge >= 0.3 is 0 Å². The molecular weight excluding hydrogens is 262 g/mol. The highest BCUT2D eigenvalue weighted by Crippen LogP contribution is 2.31. The highest BCUT2D eigenvalue weighted by atomic mass is 16.5. The molecular formula is C17H23N3O. The van der Waals surface area contributed by atoms with Crippen LogP contribution in [0.4, 0.5) is 5.69 Å². The Morgan fingerprint density at radius 2 is 2.24 bits per heavy atom. The largest absolute Gasteiger partial charge is 0.361 e. The summed E-state index contributed by atoms with van der Waals surface area (Å²) in [6, 6.07) is 11.3. The van der Waals surface area contributed by atoms with Crippen LogP contribution in [0.25, 0.3) is 0 Å². The van der Waals surface area contributed by atoms with E-state index in [1.54, 1.807) is 0 Å². The van der Waals surface area contributed by atoms with Crippen molar-refractivity contribution in [1.82, 2.24) is 10.5 Å². The van der Waals surface area contributed by atoms with Crippen LogP contribution in [0, 0.1) is 0 Å². The number of rotatable bonds is 5. The van der Waals surface area contributed by atoms with Gasteiger partial charge in [-0.05, 0) is 37.9 Å². The Morgan fingerprint density at radius 1 is 1.38 bits per heavy atom. The summed E-state index contributed by atoms with van der Waals surface area (Å²) in [5.74, 6) is 0.937. The van der Waals surface area contributed by atoms with E-state index >= 15 is 0 Å². The van der Waals surface area contributed by atoms with Crippen LogP contribution in [0.15, 0.2) is 34.9 Å². The lowest BCUT2D eigenvalue weighted by molar-refractivity contribution is 0.367. The van der Waals surface area contributed by atoms with E-state index in [4.69, 9.17) is 4.52 Å². The summed E-state index contributed by atoms with van der Waals surface area (Å²) in [6.07, 6.45) is 2.35. The van der Waals surface area contributed by atoms with Gasteiger partial charge in [0.2, 0.25) is 0 Å². The van der Waals surface area contributed by atoms with Crippen molar-refractivity contribution in [2.24, 2.45) is 0 Å². The van der Waals surface area contributed by atoms with Crippen LogP contribution in [0.3, 0.4) is 0 Å². The maximum absolute atomic E-state index is 5.50. The van der Waals surface area contributed by atoms with Gasteiger partial charge in [-0.3, -0.25) is 0 Å². The number of aryl methyl sites for hydroxylation is 1. The normalized spacial score (nSPS) is 17.8. The Balaban J connectivity index is 1.76. The predicted octanol–water partition coefficient (Wildman–Crippen LogP) is 3.13. The van der Waals surface area contributed by atoms with E-state index in [1.165, 1.54) is 17.7 Å². The van der Waals surface area contributed by atoms with Crippen molar-refractivity contribution in [3.05, 3.63) is 47.3 Å². The van der Waals surface area contributed by atoms with Crippen LogP contribution in [0.5, 0.6) is 0 Å². The molecule has 1 atom stereocenters. The molecule has 2 heterocycles. The molecule has 4 nitrogen and oxygen atoms in total. The molecule has 112 valence electrons. The van der Waals surface area contributed by atoms with E-state index in [2.05, 4.69) is 59.6 Å².